The Morgan fingerprint density at radius 3 is 2.58 bits per heavy atom. The molecule has 0 radical (unpaired) electrons. The summed E-state index contributed by atoms with van der Waals surface area (Å²) >= 11 is 0. The molecular weight excluding hydrogens is 454 g/mol. The van der Waals surface area contributed by atoms with E-state index in [-0.39, 0.29) is 11.9 Å². The summed E-state index contributed by atoms with van der Waals surface area (Å²) in [6, 6.07) is 9.18. The summed E-state index contributed by atoms with van der Waals surface area (Å²) in [5.41, 5.74) is 3.02. The topological polar surface area (TPSA) is 107 Å². The van der Waals surface area contributed by atoms with Crippen LogP contribution in [0.25, 0.3) is 16.9 Å². The maximum absolute atomic E-state index is 13.1. The first-order valence-electron chi connectivity index (χ1n) is 12.1. The summed E-state index contributed by atoms with van der Waals surface area (Å²) in [6.45, 7) is 5.95. The second-order valence-corrected chi connectivity index (χ2v) is 9.16. The Hall–Kier alpha value is -4.52. The summed E-state index contributed by atoms with van der Waals surface area (Å²) in [4.78, 5) is 37.5. The molecule has 0 aliphatic carbocycles. The minimum atomic E-state index is 0.00736. The van der Waals surface area contributed by atoms with E-state index in [1.807, 2.05) is 9.47 Å². The third kappa shape index (κ3) is 3.69. The normalized spacial score (nSPS) is 17.7. The molecule has 0 bridgehead atoms. The Balaban J connectivity index is 1.37. The number of rotatable bonds is 4. The number of nitriles is 1. The quantitative estimate of drug-likeness (QED) is 0.440. The Kier molecular flexibility index (Phi) is 5.45. The van der Waals surface area contributed by atoms with Crippen molar-refractivity contribution < 1.29 is 4.79 Å². The highest BCUT2D eigenvalue weighted by molar-refractivity contribution is 6.01. The third-order valence-electron chi connectivity index (χ3n) is 6.98. The van der Waals surface area contributed by atoms with Gasteiger partial charge in [0.2, 0.25) is 0 Å². The van der Waals surface area contributed by atoms with Gasteiger partial charge >= 0.3 is 0 Å². The number of carbonyl (C=O) groups excluding carboxylic acids is 1. The minimum absolute atomic E-state index is 0.00736. The van der Waals surface area contributed by atoms with Crippen LogP contribution in [0.15, 0.2) is 55.4 Å². The van der Waals surface area contributed by atoms with Gasteiger partial charge in [0, 0.05) is 69.1 Å². The Morgan fingerprint density at radius 1 is 1.03 bits per heavy atom. The molecule has 4 aromatic rings. The summed E-state index contributed by atoms with van der Waals surface area (Å²) in [5, 5.41) is 10.4. The molecule has 1 atom stereocenters. The van der Waals surface area contributed by atoms with Crippen LogP contribution < -0.4 is 9.80 Å². The van der Waals surface area contributed by atoms with Gasteiger partial charge in [-0.2, -0.15) is 5.26 Å². The molecule has 0 spiro atoms. The van der Waals surface area contributed by atoms with Crippen molar-refractivity contribution in [3.63, 3.8) is 0 Å². The number of fused-ring (bicyclic) bond motifs is 1. The predicted molar refractivity (Wildman–Crippen MR) is 135 cm³/mol. The van der Waals surface area contributed by atoms with Gasteiger partial charge in [-0.1, -0.05) is 0 Å². The van der Waals surface area contributed by atoms with Crippen LogP contribution in [-0.4, -0.2) is 74.1 Å². The first-order chi connectivity index (χ1) is 17.6. The number of nitrogens with zero attached hydrogens (tertiary/aromatic N) is 9. The first kappa shape index (κ1) is 22.0. The molecule has 2 fully saturated rings. The second-order valence-electron chi connectivity index (χ2n) is 9.16. The number of pyridine rings is 2. The number of amides is 1. The molecule has 36 heavy (non-hydrogen) atoms. The summed E-state index contributed by atoms with van der Waals surface area (Å²) in [5.74, 6) is 1.53. The molecule has 10 nitrogen and oxygen atoms in total. The van der Waals surface area contributed by atoms with Gasteiger partial charge in [-0.25, -0.2) is 15.0 Å². The zero-order valence-electron chi connectivity index (χ0n) is 19.9. The minimum Gasteiger partial charge on any atom is -0.369 e. The van der Waals surface area contributed by atoms with E-state index in [1.165, 1.54) is 0 Å². The average Bonchev–Trinajstić information content (AvgIpc) is 3.27. The monoisotopic (exact) mass is 479 g/mol. The van der Waals surface area contributed by atoms with Crippen molar-refractivity contribution in [3.8, 4) is 11.9 Å². The summed E-state index contributed by atoms with van der Waals surface area (Å²) < 4.78 is 1.95. The van der Waals surface area contributed by atoms with Crippen molar-refractivity contribution in [2.45, 2.75) is 19.4 Å². The van der Waals surface area contributed by atoms with E-state index in [9.17, 15) is 10.1 Å². The van der Waals surface area contributed by atoms with Crippen molar-refractivity contribution >= 4 is 28.4 Å². The highest BCUT2D eigenvalue weighted by atomic mass is 16.2. The number of aromatic nitrogens is 5. The maximum Gasteiger partial charge on any atom is 0.254 e. The summed E-state index contributed by atoms with van der Waals surface area (Å²) in [6.07, 6.45) is 9.72. The summed E-state index contributed by atoms with van der Waals surface area (Å²) in [7, 11) is 0. The number of carbonyl (C=O) groups is 1. The zero-order valence-corrected chi connectivity index (χ0v) is 19.9. The van der Waals surface area contributed by atoms with Gasteiger partial charge in [0.05, 0.1) is 22.7 Å². The van der Waals surface area contributed by atoms with Gasteiger partial charge in [0.25, 0.3) is 5.91 Å². The lowest BCUT2D eigenvalue weighted by atomic mass is 10.1. The van der Waals surface area contributed by atoms with Crippen molar-refractivity contribution in [2.75, 3.05) is 42.5 Å². The molecule has 6 heterocycles. The molecule has 2 aliphatic heterocycles. The number of anilines is 2. The molecule has 0 unspecified atom stereocenters. The molecule has 2 saturated heterocycles. The number of piperazine rings is 1. The SMILES string of the molecule is C[C@@H]1CN(c2ncnc3c2c(N2CCC2)cn3-c2cc(C#N)ccn2)CCN1C(=O)c1ccncc1. The van der Waals surface area contributed by atoms with Crippen LogP contribution in [-0.2, 0) is 0 Å². The average molecular weight is 480 g/mol. The lowest BCUT2D eigenvalue weighted by Gasteiger charge is -2.41. The molecule has 10 heteroatoms. The Morgan fingerprint density at radius 2 is 1.86 bits per heavy atom. The van der Waals surface area contributed by atoms with E-state index in [2.05, 4.69) is 43.9 Å². The second kappa shape index (κ2) is 8.92. The zero-order chi connectivity index (χ0) is 24.6. The molecule has 0 aromatic carbocycles. The van der Waals surface area contributed by atoms with E-state index in [4.69, 9.17) is 4.98 Å². The van der Waals surface area contributed by atoms with Crippen LogP contribution in [0.1, 0.15) is 29.3 Å². The van der Waals surface area contributed by atoms with E-state index < -0.39 is 0 Å². The molecule has 0 N–H and O–H groups in total. The fourth-order valence-electron chi connectivity index (χ4n) is 4.97. The van der Waals surface area contributed by atoms with Crippen LogP contribution in [0.4, 0.5) is 11.5 Å². The van der Waals surface area contributed by atoms with Crippen molar-refractivity contribution in [2.24, 2.45) is 0 Å². The van der Waals surface area contributed by atoms with E-state index in [0.29, 0.717) is 36.6 Å². The van der Waals surface area contributed by atoms with Gasteiger partial charge in [0.15, 0.2) is 5.65 Å². The van der Waals surface area contributed by atoms with Crippen molar-refractivity contribution in [3.05, 3.63) is 66.5 Å². The maximum atomic E-state index is 13.1. The van der Waals surface area contributed by atoms with Gasteiger partial charge in [-0.3, -0.25) is 14.3 Å². The predicted octanol–water partition coefficient (Wildman–Crippen LogP) is 2.64. The third-order valence-corrected chi connectivity index (χ3v) is 6.98. The fraction of sp³-hybridized carbons (Fsp3) is 0.308. The van der Waals surface area contributed by atoms with Crippen LogP contribution in [0, 0.1) is 11.3 Å². The molecule has 0 saturated carbocycles. The molecule has 180 valence electrons. The molecule has 2 aliphatic rings. The van der Waals surface area contributed by atoms with Crippen molar-refractivity contribution in [1.82, 2.24) is 29.4 Å². The molecule has 1 amide bonds. The van der Waals surface area contributed by atoms with Gasteiger partial charge in [0.1, 0.15) is 18.0 Å². The smallest absolute Gasteiger partial charge is 0.254 e. The molecule has 4 aromatic heterocycles. The molecular formula is C26H25N9O. The molecule has 6 rings (SSSR count). The van der Waals surface area contributed by atoms with Gasteiger partial charge in [-0.05, 0) is 37.6 Å². The lowest BCUT2D eigenvalue weighted by molar-refractivity contribution is 0.0673. The number of hydrogen-bond donors (Lipinski definition) is 0. The number of hydrogen-bond acceptors (Lipinski definition) is 8. The first-order valence-corrected chi connectivity index (χ1v) is 12.1. The highest BCUT2D eigenvalue weighted by Gasteiger charge is 2.32. The van der Waals surface area contributed by atoms with E-state index in [0.717, 1.165) is 42.0 Å². The fourth-order valence-corrected chi connectivity index (χ4v) is 4.97. The standard InChI is InChI=1S/C26H25N9O/c1-18-15-33(11-12-34(18)26(36)20-4-6-28-7-5-20)24-23-21(32-9-2-10-32)16-35(25(23)31-17-30-24)22-13-19(14-27)3-8-29-22/h3-8,13,16-18H,2,9-12,15H2,1H3/t18-/m1/s1. The Bertz CT molecular complexity index is 1470. The lowest BCUT2D eigenvalue weighted by Crippen LogP contribution is -2.54. The largest absolute Gasteiger partial charge is 0.369 e. The van der Waals surface area contributed by atoms with Crippen LogP contribution in [0.5, 0.6) is 0 Å². The van der Waals surface area contributed by atoms with Gasteiger partial charge < -0.3 is 14.7 Å². The van der Waals surface area contributed by atoms with Crippen LogP contribution in [0.2, 0.25) is 0 Å². The van der Waals surface area contributed by atoms with E-state index >= 15 is 0 Å². The highest BCUT2D eigenvalue weighted by Crippen LogP contribution is 2.38. The van der Waals surface area contributed by atoms with Crippen molar-refractivity contribution in [1.29, 1.82) is 5.26 Å². The van der Waals surface area contributed by atoms with Gasteiger partial charge in [-0.15, -0.1) is 0 Å². The Labute approximate surface area is 208 Å². The van der Waals surface area contributed by atoms with Crippen LogP contribution in [0.3, 0.4) is 0 Å². The van der Waals surface area contributed by atoms with Crippen LogP contribution >= 0.6 is 0 Å². The van der Waals surface area contributed by atoms with E-state index in [1.54, 1.807) is 49.2 Å².